The van der Waals surface area contributed by atoms with Gasteiger partial charge in [0.15, 0.2) is 0 Å². The molecule has 16 heavy (non-hydrogen) atoms. The van der Waals surface area contributed by atoms with Crippen molar-refractivity contribution in [1.29, 1.82) is 0 Å². The number of nitrogens with zero attached hydrogens (tertiary/aromatic N) is 3. The lowest BCUT2D eigenvalue weighted by atomic mass is 10.3. The van der Waals surface area contributed by atoms with Gasteiger partial charge in [0.25, 0.3) is 0 Å². The van der Waals surface area contributed by atoms with Crippen molar-refractivity contribution < 1.29 is 0 Å². The highest BCUT2D eigenvalue weighted by atomic mass is 15.1. The van der Waals surface area contributed by atoms with E-state index in [4.69, 9.17) is 0 Å². The summed E-state index contributed by atoms with van der Waals surface area (Å²) in [6.07, 6.45) is 0. The van der Waals surface area contributed by atoms with Crippen molar-refractivity contribution in [2.45, 2.75) is 13.8 Å². The quantitative estimate of drug-likeness (QED) is 0.673. The van der Waals surface area contributed by atoms with Crippen molar-refractivity contribution in [3.05, 3.63) is 47.8 Å². The molecule has 0 aliphatic carbocycles. The van der Waals surface area contributed by atoms with Crippen LogP contribution in [0, 0.1) is 13.8 Å². The second kappa shape index (κ2) is 4.31. The Bertz CT molecular complexity index is 509. The van der Waals surface area contributed by atoms with E-state index in [9.17, 15) is 0 Å². The van der Waals surface area contributed by atoms with Crippen LogP contribution in [0.5, 0.6) is 0 Å². The lowest BCUT2D eigenvalue weighted by molar-refractivity contribution is 0.843. The smallest absolute Gasteiger partial charge is 0.107 e. The fourth-order valence-corrected chi connectivity index (χ4v) is 1.54. The van der Waals surface area contributed by atoms with Crippen LogP contribution in [0.2, 0.25) is 0 Å². The molecule has 0 aliphatic rings. The SMILES string of the molecule is Cc1cc(N=Nc2ccccc2)c(C)n1C. The van der Waals surface area contributed by atoms with Gasteiger partial charge in [-0.3, -0.25) is 0 Å². The average Bonchev–Trinajstić information content (AvgIpc) is 2.56. The van der Waals surface area contributed by atoms with Crippen molar-refractivity contribution in [1.82, 2.24) is 4.57 Å². The molecular formula is C13H15N3. The minimum absolute atomic E-state index is 0.878. The van der Waals surface area contributed by atoms with Gasteiger partial charge in [0.2, 0.25) is 0 Å². The molecule has 2 aromatic rings. The first kappa shape index (κ1) is 10.6. The van der Waals surface area contributed by atoms with Crippen LogP contribution in [-0.2, 0) is 7.05 Å². The molecule has 0 atom stereocenters. The van der Waals surface area contributed by atoms with Gasteiger partial charge in [-0.25, -0.2) is 0 Å². The van der Waals surface area contributed by atoms with E-state index in [0.29, 0.717) is 0 Å². The van der Waals surface area contributed by atoms with Gasteiger partial charge in [-0.05, 0) is 32.0 Å². The second-order valence-corrected chi connectivity index (χ2v) is 3.85. The monoisotopic (exact) mass is 213 g/mol. The van der Waals surface area contributed by atoms with Gasteiger partial charge < -0.3 is 4.57 Å². The zero-order chi connectivity index (χ0) is 11.5. The maximum atomic E-state index is 4.26. The van der Waals surface area contributed by atoms with Crippen LogP contribution >= 0.6 is 0 Å². The molecule has 0 unspecified atom stereocenters. The summed E-state index contributed by atoms with van der Waals surface area (Å²) >= 11 is 0. The molecule has 3 nitrogen and oxygen atoms in total. The van der Waals surface area contributed by atoms with Crippen LogP contribution < -0.4 is 0 Å². The maximum Gasteiger partial charge on any atom is 0.107 e. The van der Waals surface area contributed by atoms with Crippen LogP contribution in [0.25, 0.3) is 0 Å². The second-order valence-electron chi connectivity index (χ2n) is 3.85. The Morgan fingerprint density at radius 1 is 1.00 bits per heavy atom. The van der Waals surface area contributed by atoms with E-state index in [1.165, 1.54) is 5.69 Å². The van der Waals surface area contributed by atoms with Gasteiger partial charge in [0.05, 0.1) is 5.69 Å². The third kappa shape index (κ3) is 2.03. The molecule has 0 saturated carbocycles. The molecule has 0 amide bonds. The normalized spacial score (nSPS) is 11.2. The fourth-order valence-electron chi connectivity index (χ4n) is 1.54. The van der Waals surface area contributed by atoms with Crippen LogP contribution in [-0.4, -0.2) is 4.57 Å². The summed E-state index contributed by atoms with van der Waals surface area (Å²) in [6, 6.07) is 11.8. The summed E-state index contributed by atoms with van der Waals surface area (Å²) in [4.78, 5) is 0. The Kier molecular flexibility index (Phi) is 2.86. The summed E-state index contributed by atoms with van der Waals surface area (Å²) in [5.41, 5.74) is 4.14. The number of azo groups is 1. The molecule has 82 valence electrons. The highest BCUT2D eigenvalue weighted by molar-refractivity contribution is 5.46. The molecule has 3 heteroatoms. The molecule has 0 N–H and O–H groups in total. The van der Waals surface area contributed by atoms with E-state index in [-0.39, 0.29) is 0 Å². The van der Waals surface area contributed by atoms with Crippen molar-refractivity contribution in [2.75, 3.05) is 0 Å². The number of hydrogen-bond donors (Lipinski definition) is 0. The summed E-state index contributed by atoms with van der Waals surface area (Å²) in [5, 5.41) is 8.47. The highest BCUT2D eigenvalue weighted by Crippen LogP contribution is 2.24. The van der Waals surface area contributed by atoms with Gasteiger partial charge in [-0.2, -0.15) is 5.11 Å². The zero-order valence-corrected chi connectivity index (χ0v) is 9.81. The minimum Gasteiger partial charge on any atom is -0.350 e. The van der Waals surface area contributed by atoms with Gasteiger partial charge in [-0.15, -0.1) is 5.11 Å². The number of hydrogen-bond acceptors (Lipinski definition) is 2. The molecule has 0 radical (unpaired) electrons. The predicted molar refractivity (Wildman–Crippen MR) is 65.5 cm³/mol. The van der Waals surface area contributed by atoms with Crippen molar-refractivity contribution >= 4 is 11.4 Å². The van der Waals surface area contributed by atoms with E-state index < -0.39 is 0 Å². The number of benzene rings is 1. The Labute approximate surface area is 95.4 Å². The molecule has 1 aromatic carbocycles. The van der Waals surface area contributed by atoms with E-state index >= 15 is 0 Å². The predicted octanol–water partition coefficient (Wildman–Crippen LogP) is 4.06. The van der Waals surface area contributed by atoms with Crippen LogP contribution in [0.15, 0.2) is 46.6 Å². The third-order valence-corrected chi connectivity index (χ3v) is 2.78. The van der Waals surface area contributed by atoms with Gasteiger partial charge >= 0.3 is 0 Å². The first-order chi connectivity index (χ1) is 7.68. The molecule has 0 spiro atoms. The zero-order valence-electron chi connectivity index (χ0n) is 9.81. The Hall–Kier alpha value is -1.90. The average molecular weight is 213 g/mol. The van der Waals surface area contributed by atoms with Gasteiger partial charge in [0, 0.05) is 18.4 Å². The third-order valence-electron chi connectivity index (χ3n) is 2.78. The van der Waals surface area contributed by atoms with Gasteiger partial charge in [-0.1, -0.05) is 18.2 Å². The standard InChI is InChI=1S/C13H15N3/c1-10-9-13(11(2)16(10)3)15-14-12-7-5-4-6-8-12/h4-9H,1-3H3. The molecule has 1 aromatic heterocycles. The topological polar surface area (TPSA) is 29.6 Å². The molecule has 0 fully saturated rings. The molecule has 0 saturated heterocycles. The van der Waals surface area contributed by atoms with E-state index in [0.717, 1.165) is 17.1 Å². The van der Waals surface area contributed by atoms with Gasteiger partial charge in [0.1, 0.15) is 5.69 Å². The fraction of sp³-hybridized carbons (Fsp3) is 0.231. The minimum atomic E-state index is 0.878. The summed E-state index contributed by atoms with van der Waals surface area (Å²) < 4.78 is 2.11. The van der Waals surface area contributed by atoms with E-state index in [2.05, 4.69) is 21.7 Å². The summed E-state index contributed by atoms with van der Waals surface area (Å²) in [6.45, 7) is 4.11. The maximum absolute atomic E-state index is 4.26. The first-order valence-corrected chi connectivity index (χ1v) is 5.28. The highest BCUT2D eigenvalue weighted by Gasteiger charge is 2.04. The summed E-state index contributed by atoms with van der Waals surface area (Å²) in [5.74, 6) is 0. The molecule has 0 aliphatic heterocycles. The van der Waals surface area contributed by atoms with Crippen LogP contribution in [0.4, 0.5) is 11.4 Å². The van der Waals surface area contributed by atoms with Crippen molar-refractivity contribution in [3.63, 3.8) is 0 Å². The summed E-state index contributed by atoms with van der Waals surface area (Å²) in [7, 11) is 2.03. The van der Waals surface area contributed by atoms with Crippen molar-refractivity contribution in [2.24, 2.45) is 17.3 Å². The lowest BCUT2D eigenvalue weighted by Crippen LogP contribution is -1.91. The van der Waals surface area contributed by atoms with E-state index in [1.54, 1.807) is 0 Å². The Morgan fingerprint density at radius 3 is 2.25 bits per heavy atom. The lowest BCUT2D eigenvalue weighted by Gasteiger charge is -1.97. The van der Waals surface area contributed by atoms with E-state index in [1.807, 2.05) is 50.4 Å². The Morgan fingerprint density at radius 2 is 1.69 bits per heavy atom. The number of aryl methyl sites for hydroxylation is 1. The van der Waals surface area contributed by atoms with Crippen molar-refractivity contribution in [3.8, 4) is 0 Å². The molecule has 2 rings (SSSR count). The molecular weight excluding hydrogens is 198 g/mol. The Balaban J connectivity index is 2.28. The molecule has 0 bridgehead atoms. The largest absolute Gasteiger partial charge is 0.350 e. The number of aromatic nitrogens is 1. The van der Waals surface area contributed by atoms with Crippen LogP contribution in [0.1, 0.15) is 11.4 Å². The molecule has 1 heterocycles. The van der Waals surface area contributed by atoms with Crippen LogP contribution in [0.3, 0.4) is 0 Å². The first-order valence-electron chi connectivity index (χ1n) is 5.28. The number of rotatable bonds is 2.